The Labute approximate surface area is 193 Å². The molecule has 0 unspecified atom stereocenters. The summed E-state index contributed by atoms with van der Waals surface area (Å²) in [4.78, 5) is -0.00863. The summed E-state index contributed by atoms with van der Waals surface area (Å²) >= 11 is 0. The van der Waals surface area contributed by atoms with Gasteiger partial charge in [-0.3, -0.25) is 0 Å². The Morgan fingerprint density at radius 3 is 2.29 bits per heavy atom. The lowest BCUT2D eigenvalue weighted by Crippen LogP contribution is -2.18. The van der Waals surface area contributed by atoms with Gasteiger partial charge in [0, 0.05) is 17.0 Å². The molecule has 0 aliphatic carbocycles. The SMILES string of the molecule is CNS(=O)(=O)c1ccc(Oc2ccc(C(F)(F)F)cc2)c(-c2ccc3cc(OC)nnc3c2)c1. The van der Waals surface area contributed by atoms with E-state index in [1.165, 1.54) is 44.5 Å². The van der Waals surface area contributed by atoms with E-state index >= 15 is 0 Å². The van der Waals surface area contributed by atoms with Crippen molar-refractivity contribution in [3.63, 3.8) is 0 Å². The Kier molecular flexibility index (Phi) is 6.15. The highest BCUT2D eigenvalue weighted by molar-refractivity contribution is 7.89. The van der Waals surface area contributed by atoms with Crippen LogP contribution in [0.4, 0.5) is 13.2 Å². The summed E-state index contributed by atoms with van der Waals surface area (Å²) in [6, 6.07) is 15.3. The minimum atomic E-state index is -4.47. The van der Waals surface area contributed by atoms with Gasteiger partial charge in [0.1, 0.15) is 11.5 Å². The monoisotopic (exact) mass is 489 g/mol. The second-order valence-corrected chi connectivity index (χ2v) is 9.04. The van der Waals surface area contributed by atoms with Crippen LogP contribution in [0.3, 0.4) is 0 Å². The van der Waals surface area contributed by atoms with Crippen LogP contribution >= 0.6 is 0 Å². The van der Waals surface area contributed by atoms with Crippen molar-refractivity contribution in [2.45, 2.75) is 11.1 Å². The number of halogens is 3. The van der Waals surface area contributed by atoms with Gasteiger partial charge in [-0.1, -0.05) is 12.1 Å². The van der Waals surface area contributed by atoms with Crippen LogP contribution in [0.5, 0.6) is 17.4 Å². The first-order valence-electron chi connectivity index (χ1n) is 9.85. The number of sulfonamides is 1. The lowest BCUT2D eigenvalue weighted by atomic mass is 10.0. The summed E-state index contributed by atoms with van der Waals surface area (Å²) in [5.41, 5.74) is 0.692. The van der Waals surface area contributed by atoms with Gasteiger partial charge in [-0.15, -0.1) is 10.2 Å². The molecule has 34 heavy (non-hydrogen) atoms. The van der Waals surface area contributed by atoms with Crippen molar-refractivity contribution < 1.29 is 31.1 Å². The summed E-state index contributed by atoms with van der Waals surface area (Å²) in [5.74, 6) is 0.744. The van der Waals surface area contributed by atoms with Crippen molar-refractivity contribution in [2.75, 3.05) is 14.2 Å². The van der Waals surface area contributed by atoms with E-state index in [4.69, 9.17) is 9.47 Å². The first-order valence-corrected chi connectivity index (χ1v) is 11.3. The molecule has 0 saturated heterocycles. The minimum absolute atomic E-state index is 0.00863. The van der Waals surface area contributed by atoms with Gasteiger partial charge < -0.3 is 9.47 Å². The highest BCUT2D eigenvalue weighted by Crippen LogP contribution is 2.37. The van der Waals surface area contributed by atoms with Crippen LogP contribution in [0.1, 0.15) is 5.56 Å². The van der Waals surface area contributed by atoms with Crippen LogP contribution in [0.15, 0.2) is 71.6 Å². The van der Waals surface area contributed by atoms with E-state index in [9.17, 15) is 21.6 Å². The number of rotatable bonds is 6. The van der Waals surface area contributed by atoms with Gasteiger partial charge in [-0.2, -0.15) is 13.2 Å². The summed E-state index contributed by atoms with van der Waals surface area (Å²) in [5, 5.41) is 8.82. The van der Waals surface area contributed by atoms with Crippen LogP contribution in [0.25, 0.3) is 22.0 Å². The Balaban J connectivity index is 1.80. The zero-order valence-corrected chi connectivity index (χ0v) is 18.7. The number of methoxy groups -OCH3 is 1. The van der Waals surface area contributed by atoms with Gasteiger partial charge in [-0.25, -0.2) is 13.1 Å². The molecule has 0 amide bonds. The highest BCUT2D eigenvalue weighted by atomic mass is 32.2. The molecule has 0 spiro atoms. The number of fused-ring (bicyclic) bond motifs is 1. The van der Waals surface area contributed by atoms with Gasteiger partial charge in [0.05, 0.1) is 23.1 Å². The summed E-state index contributed by atoms with van der Waals surface area (Å²) in [6.07, 6.45) is -4.47. The van der Waals surface area contributed by atoms with Crippen LogP contribution in [-0.4, -0.2) is 32.8 Å². The molecule has 1 N–H and O–H groups in total. The molecule has 0 bridgehead atoms. The van der Waals surface area contributed by atoms with Crippen LogP contribution in [-0.2, 0) is 16.2 Å². The molecule has 11 heteroatoms. The average molecular weight is 489 g/mol. The Morgan fingerprint density at radius 1 is 0.912 bits per heavy atom. The third-order valence-corrected chi connectivity index (χ3v) is 6.44. The van der Waals surface area contributed by atoms with Crippen molar-refractivity contribution in [1.82, 2.24) is 14.9 Å². The van der Waals surface area contributed by atoms with E-state index in [0.29, 0.717) is 22.5 Å². The summed E-state index contributed by atoms with van der Waals surface area (Å²) < 4.78 is 76.6. The molecule has 176 valence electrons. The van der Waals surface area contributed by atoms with Crippen molar-refractivity contribution >= 4 is 20.9 Å². The maximum absolute atomic E-state index is 12.9. The maximum atomic E-state index is 12.9. The molecule has 3 aromatic carbocycles. The molecule has 0 radical (unpaired) electrons. The fourth-order valence-corrected chi connectivity index (χ4v) is 3.99. The van der Waals surface area contributed by atoms with E-state index in [-0.39, 0.29) is 16.4 Å². The smallest absolute Gasteiger partial charge is 0.416 e. The molecule has 0 fully saturated rings. The molecular weight excluding hydrogens is 471 g/mol. The van der Waals surface area contributed by atoms with E-state index in [1.807, 2.05) is 0 Å². The number of aromatic nitrogens is 2. The largest absolute Gasteiger partial charge is 0.480 e. The Morgan fingerprint density at radius 2 is 1.65 bits per heavy atom. The zero-order chi connectivity index (χ0) is 24.5. The number of hydrogen-bond donors (Lipinski definition) is 1. The average Bonchev–Trinajstić information content (AvgIpc) is 2.83. The van der Waals surface area contributed by atoms with Crippen LogP contribution in [0, 0.1) is 0 Å². The summed E-state index contributed by atoms with van der Waals surface area (Å²) in [7, 11) is -1.000. The van der Waals surface area contributed by atoms with Gasteiger partial charge in [0.25, 0.3) is 0 Å². The topological polar surface area (TPSA) is 90.4 Å². The molecule has 0 aliphatic rings. The van der Waals surface area contributed by atoms with Gasteiger partial charge in [0.2, 0.25) is 15.9 Å². The third kappa shape index (κ3) is 4.80. The van der Waals surface area contributed by atoms with Crippen LogP contribution in [0.2, 0.25) is 0 Å². The number of nitrogens with zero attached hydrogens (tertiary/aromatic N) is 2. The van der Waals surface area contributed by atoms with Crippen molar-refractivity contribution in [3.05, 3.63) is 72.3 Å². The fraction of sp³-hybridized carbons (Fsp3) is 0.130. The predicted octanol–water partition coefficient (Wildman–Crippen LogP) is 5.02. The Bertz CT molecular complexity index is 1460. The van der Waals surface area contributed by atoms with Gasteiger partial charge in [0.15, 0.2) is 0 Å². The van der Waals surface area contributed by atoms with E-state index in [1.54, 1.807) is 24.3 Å². The lowest BCUT2D eigenvalue weighted by Gasteiger charge is -2.15. The van der Waals surface area contributed by atoms with Crippen molar-refractivity contribution in [1.29, 1.82) is 0 Å². The standard InChI is InChI=1S/C23H18F3N3O4S/c1-27-34(30,31)18-9-10-21(33-17-7-5-16(6-8-17)23(24,25)26)19(13-18)14-3-4-15-12-22(32-2)29-28-20(15)11-14/h3-13,27H,1-2H3. The zero-order valence-electron chi connectivity index (χ0n) is 17.9. The van der Waals surface area contributed by atoms with E-state index in [0.717, 1.165) is 17.5 Å². The predicted molar refractivity (Wildman–Crippen MR) is 119 cm³/mol. The van der Waals surface area contributed by atoms with Crippen LogP contribution < -0.4 is 14.2 Å². The van der Waals surface area contributed by atoms with Gasteiger partial charge >= 0.3 is 6.18 Å². The second-order valence-electron chi connectivity index (χ2n) is 7.15. The lowest BCUT2D eigenvalue weighted by molar-refractivity contribution is -0.137. The Hall–Kier alpha value is -3.70. The summed E-state index contributed by atoms with van der Waals surface area (Å²) in [6.45, 7) is 0. The number of ether oxygens (including phenoxy) is 2. The van der Waals surface area contributed by atoms with Gasteiger partial charge in [-0.05, 0) is 61.1 Å². The molecule has 1 heterocycles. The molecular formula is C23H18F3N3O4S. The van der Waals surface area contributed by atoms with Crippen molar-refractivity contribution in [2.24, 2.45) is 0 Å². The maximum Gasteiger partial charge on any atom is 0.416 e. The van der Waals surface area contributed by atoms with Crippen molar-refractivity contribution in [3.8, 4) is 28.5 Å². The fourth-order valence-electron chi connectivity index (χ4n) is 3.23. The van der Waals surface area contributed by atoms with E-state index < -0.39 is 21.8 Å². The number of benzene rings is 3. The molecule has 0 aliphatic heterocycles. The normalized spacial score (nSPS) is 12.0. The molecule has 4 aromatic rings. The third-order valence-electron chi connectivity index (χ3n) is 5.03. The highest BCUT2D eigenvalue weighted by Gasteiger charge is 2.30. The quantitative estimate of drug-likeness (QED) is 0.409. The number of nitrogens with one attached hydrogen (secondary N) is 1. The molecule has 4 rings (SSSR count). The first-order chi connectivity index (χ1) is 16.1. The molecule has 7 nitrogen and oxygen atoms in total. The number of alkyl halides is 3. The number of hydrogen-bond acceptors (Lipinski definition) is 6. The second kappa shape index (κ2) is 8.92. The van der Waals surface area contributed by atoms with E-state index in [2.05, 4.69) is 14.9 Å². The molecule has 1 aromatic heterocycles. The first kappa shape index (κ1) is 23.5. The minimum Gasteiger partial charge on any atom is -0.480 e. The molecule has 0 atom stereocenters. The molecule has 0 saturated carbocycles.